The fraction of sp³-hybridized carbons (Fsp3) is 0.143. The number of nitrogens with zero attached hydrogens (tertiary/aromatic N) is 3. The first-order valence-corrected chi connectivity index (χ1v) is 18.7. The third-order valence-electron chi connectivity index (χ3n) is 8.71. The van der Waals surface area contributed by atoms with Crippen molar-refractivity contribution in [1.29, 1.82) is 0 Å². The summed E-state index contributed by atoms with van der Waals surface area (Å²) >= 11 is 2.35. The highest BCUT2D eigenvalue weighted by molar-refractivity contribution is 8.00. The number of amides is 1. The second-order valence-electron chi connectivity index (χ2n) is 12.4. The molecule has 0 saturated carbocycles. The van der Waals surface area contributed by atoms with Crippen molar-refractivity contribution >= 4 is 45.7 Å². The van der Waals surface area contributed by atoms with E-state index in [4.69, 9.17) is 14.2 Å². The van der Waals surface area contributed by atoms with Gasteiger partial charge in [-0.25, -0.2) is 4.39 Å². The Hall–Kier alpha value is -5.98. The van der Waals surface area contributed by atoms with Gasteiger partial charge in [-0.1, -0.05) is 108 Å². The molecule has 1 saturated heterocycles. The molecule has 1 aliphatic heterocycles. The van der Waals surface area contributed by atoms with Crippen LogP contribution < -0.4 is 19.1 Å². The summed E-state index contributed by atoms with van der Waals surface area (Å²) in [4.78, 5) is 29.0. The number of aryl methyl sites for hydroxylation is 1. The summed E-state index contributed by atoms with van der Waals surface area (Å²) in [6, 6.07) is 34.8. The summed E-state index contributed by atoms with van der Waals surface area (Å²) < 4.78 is 32.5. The quantitative estimate of drug-likeness (QED) is 0.0405. The van der Waals surface area contributed by atoms with E-state index in [1.807, 2.05) is 61.5 Å². The number of aliphatic hydroxyl groups is 1. The zero-order chi connectivity index (χ0) is 37.6. The molecule has 5 aromatic carbocycles. The molecule has 9 nitrogen and oxygen atoms in total. The molecule has 1 aliphatic rings. The number of benzene rings is 5. The molecular formula is C42H34FN3O6S2. The van der Waals surface area contributed by atoms with Gasteiger partial charge in [0.25, 0.3) is 5.78 Å². The van der Waals surface area contributed by atoms with Gasteiger partial charge in [-0.05, 0) is 71.6 Å². The van der Waals surface area contributed by atoms with Crippen LogP contribution in [0.3, 0.4) is 0 Å². The number of methoxy groups -OCH3 is 1. The van der Waals surface area contributed by atoms with Gasteiger partial charge in [-0.3, -0.25) is 14.5 Å². The molecule has 54 heavy (non-hydrogen) atoms. The number of hydrogen-bond acceptors (Lipinski definition) is 10. The molecule has 1 fully saturated rings. The highest BCUT2D eigenvalue weighted by Crippen LogP contribution is 2.46. The van der Waals surface area contributed by atoms with Crippen LogP contribution in [0, 0.1) is 12.7 Å². The standard InChI is InChI=1S/C42H34FN3O6S2/c1-26-9-8-12-28(21-26)24-51-32-18-15-29(16-19-32)38(47)36-37(30-17-20-34(35(22-30)50-2)52-23-27-10-4-3-5-11-27)46(40(49)39(36)48)41-44-45-42(54-41)53-25-31-13-6-7-14-33(31)43/h3-22,37,47H,23-25H2,1-2H3. The van der Waals surface area contributed by atoms with Crippen LogP contribution in [0.2, 0.25) is 0 Å². The lowest BCUT2D eigenvalue weighted by atomic mass is 9.95. The molecule has 272 valence electrons. The average Bonchev–Trinajstić information content (AvgIpc) is 3.77. The van der Waals surface area contributed by atoms with E-state index in [0.717, 1.165) is 28.0 Å². The monoisotopic (exact) mass is 759 g/mol. The summed E-state index contributed by atoms with van der Waals surface area (Å²) in [6.07, 6.45) is 0. The number of aromatic nitrogens is 2. The first-order chi connectivity index (χ1) is 26.3. The zero-order valence-corrected chi connectivity index (χ0v) is 30.9. The van der Waals surface area contributed by atoms with E-state index < -0.39 is 17.7 Å². The SMILES string of the molecule is COc1cc(C2C(=C(O)c3ccc(OCc4cccc(C)c4)cc3)C(=O)C(=O)N2c2nnc(SCc3ccccc3F)s2)ccc1OCc1ccccc1. The van der Waals surface area contributed by atoms with Crippen LogP contribution in [0.5, 0.6) is 17.2 Å². The minimum atomic E-state index is -1.10. The molecule has 1 aromatic heterocycles. The molecule has 0 aliphatic carbocycles. The van der Waals surface area contributed by atoms with Crippen LogP contribution in [-0.2, 0) is 28.6 Å². The molecule has 6 aromatic rings. The van der Waals surface area contributed by atoms with Gasteiger partial charge in [0, 0.05) is 11.3 Å². The van der Waals surface area contributed by atoms with Crippen molar-refractivity contribution in [2.45, 2.75) is 36.3 Å². The molecule has 12 heteroatoms. The number of Topliss-reactive ketones (excluding diaryl/α,β-unsaturated/α-hetero) is 1. The van der Waals surface area contributed by atoms with E-state index in [-0.39, 0.29) is 34.6 Å². The number of rotatable bonds is 13. The van der Waals surface area contributed by atoms with E-state index in [1.54, 1.807) is 60.7 Å². The number of ketones is 1. The Morgan fingerprint density at radius 1 is 0.833 bits per heavy atom. The lowest BCUT2D eigenvalue weighted by Gasteiger charge is -2.23. The van der Waals surface area contributed by atoms with E-state index in [1.165, 1.54) is 29.8 Å². The third kappa shape index (κ3) is 7.99. The summed E-state index contributed by atoms with van der Waals surface area (Å²) in [7, 11) is 1.50. The van der Waals surface area contributed by atoms with Crippen LogP contribution >= 0.6 is 23.1 Å². The Labute approximate surface area is 319 Å². The lowest BCUT2D eigenvalue weighted by Crippen LogP contribution is -2.29. The number of carbonyl (C=O) groups excluding carboxylic acids is 2. The van der Waals surface area contributed by atoms with Crippen molar-refractivity contribution in [3.8, 4) is 17.2 Å². The topological polar surface area (TPSA) is 111 Å². The molecule has 1 N–H and O–H groups in total. The van der Waals surface area contributed by atoms with Crippen LogP contribution in [0.1, 0.15) is 39.4 Å². The normalized spacial score (nSPS) is 15.0. The van der Waals surface area contributed by atoms with Crippen LogP contribution in [-0.4, -0.2) is 34.1 Å². The Balaban J connectivity index is 1.22. The molecular weight excluding hydrogens is 726 g/mol. The Kier molecular flexibility index (Phi) is 11.0. The maximum atomic E-state index is 14.3. The van der Waals surface area contributed by atoms with E-state index in [9.17, 15) is 19.1 Å². The van der Waals surface area contributed by atoms with Gasteiger partial charge in [0.2, 0.25) is 5.13 Å². The minimum absolute atomic E-state index is 0.135. The number of anilines is 1. The summed E-state index contributed by atoms with van der Waals surface area (Å²) in [6.45, 7) is 2.66. The van der Waals surface area contributed by atoms with Gasteiger partial charge in [0.05, 0.1) is 18.7 Å². The van der Waals surface area contributed by atoms with Crippen molar-refractivity contribution in [3.63, 3.8) is 0 Å². The molecule has 1 atom stereocenters. The van der Waals surface area contributed by atoms with E-state index >= 15 is 0 Å². The number of aliphatic hydroxyl groups excluding tert-OH is 1. The molecule has 0 spiro atoms. The largest absolute Gasteiger partial charge is 0.507 e. The first-order valence-electron chi connectivity index (χ1n) is 16.9. The number of thioether (sulfide) groups is 1. The van der Waals surface area contributed by atoms with Crippen molar-refractivity contribution in [2.24, 2.45) is 0 Å². The average molecular weight is 760 g/mol. The molecule has 0 radical (unpaired) electrons. The number of halogens is 1. The van der Waals surface area contributed by atoms with E-state index in [2.05, 4.69) is 10.2 Å². The lowest BCUT2D eigenvalue weighted by molar-refractivity contribution is -0.132. The number of hydrogen-bond donors (Lipinski definition) is 1. The highest BCUT2D eigenvalue weighted by Gasteiger charge is 2.48. The minimum Gasteiger partial charge on any atom is -0.507 e. The molecule has 2 heterocycles. The third-order valence-corrected chi connectivity index (χ3v) is 10.8. The Morgan fingerprint density at radius 3 is 2.33 bits per heavy atom. The van der Waals surface area contributed by atoms with Gasteiger partial charge in [-0.2, -0.15) is 0 Å². The van der Waals surface area contributed by atoms with Crippen molar-refractivity contribution < 1.29 is 33.3 Å². The van der Waals surface area contributed by atoms with Crippen molar-refractivity contribution in [1.82, 2.24) is 10.2 Å². The van der Waals surface area contributed by atoms with Crippen molar-refractivity contribution in [3.05, 3.63) is 166 Å². The van der Waals surface area contributed by atoms with Gasteiger partial charge in [-0.15, -0.1) is 10.2 Å². The first kappa shape index (κ1) is 36.4. The maximum Gasteiger partial charge on any atom is 0.301 e. The van der Waals surface area contributed by atoms with E-state index in [0.29, 0.717) is 44.9 Å². The molecule has 0 bridgehead atoms. The van der Waals surface area contributed by atoms with Gasteiger partial charge < -0.3 is 19.3 Å². The van der Waals surface area contributed by atoms with Gasteiger partial charge >= 0.3 is 5.91 Å². The van der Waals surface area contributed by atoms with Crippen LogP contribution in [0.25, 0.3) is 5.76 Å². The maximum absolute atomic E-state index is 14.3. The van der Waals surface area contributed by atoms with Crippen LogP contribution in [0.4, 0.5) is 9.52 Å². The number of carbonyl (C=O) groups is 2. The van der Waals surface area contributed by atoms with Gasteiger partial charge in [0.1, 0.15) is 30.5 Å². The van der Waals surface area contributed by atoms with Crippen LogP contribution in [0.15, 0.2) is 131 Å². The summed E-state index contributed by atoms with van der Waals surface area (Å²) in [5, 5.41) is 20.4. The fourth-order valence-electron chi connectivity index (χ4n) is 6.00. The summed E-state index contributed by atoms with van der Waals surface area (Å²) in [5.41, 5.74) is 4.24. The van der Waals surface area contributed by atoms with Gasteiger partial charge in [0.15, 0.2) is 15.8 Å². The second-order valence-corrected chi connectivity index (χ2v) is 14.6. The molecule has 1 amide bonds. The highest BCUT2D eigenvalue weighted by atomic mass is 32.2. The second kappa shape index (κ2) is 16.4. The summed E-state index contributed by atoms with van der Waals surface area (Å²) in [5.74, 6) is -0.815. The Bertz CT molecular complexity index is 2330. The number of ether oxygens (including phenoxy) is 3. The fourth-order valence-corrected chi connectivity index (χ4v) is 7.85. The zero-order valence-electron chi connectivity index (χ0n) is 29.3. The predicted molar refractivity (Wildman–Crippen MR) is 206 cm³/mol. The predicted octanol–water partition coefficient (Wildman–Crippen LogP) is 9.07. The molecule has 1 unspecified atom stereocenters. The van der Waals surface area contributed by atoms with Crippen molar-refractivity contribution in [2.75, 3.05) is 12.0 Å². The molecule has 7 rings (SSSR count). The Morgan fingerprint density at radius 2 is 1.57 bits per heavy atom. The smallest absolute Gasteiger partial charge is 0.301 e.